The van der Waals surface area contributed by atoms with E-state index in [-0.39, 0.29) is 5.69 Å². The summed E-state index contributed by atoms with van der Waals surface area (Å²) in [5.74, 6) is 0.121. The maximum absolute atomic E-state index is 12.8. The van der Waals surface area contributed by atoms with E-state index in [1.807, 2.05) is 13.8 Å². The SMILES string of the molecule is Cc1nc(-c2ccco2)nc2sc(C(=O)NNC(=O)c3csc(N4CCOCC4)n3)c(C)c12. The van der Waals surface area contributed by atoms with Gasteiger partial charge in [-0.25, -0.2) is 15.0 Å². The molecule has 4 aromatic heterocycles. The summed E-state index contributed by atoms with van der Waals surface area (Å²) in [6, 6.07) is 3.55. The summed E-state index contributed by atoms with van der Waals surface area (Å²) < 4.78 is 10.7. The molecule has 4 aromatic rings. The Bertz CT molecular complexity index is 1320. The largest absolute Gasteiger partial charge is 0.461 e. The second kappa shape index (κ2) is 8.89. The first-order valence-corrected chi connectivity index (χ1v) is 11.9. The van der Waals surface area contributed by atoms with E-state index < -0.39 is 11.8 Å². The number of carbonyl (C=O) groups is 2. The van der Waals surface area contributed by atoms with Gasteiger partial charge in [-0.1, -0.05) is 0 Å². The number of nitrogens with one attached hydrogen (secondary N) is 2. The number of aryl methyl sites for hydroxylation is 2. The predicted molar refractivity (Wildman–Crippen MR) is 125 cm³/mol. The fraction of sp³-hybridized carbons (Fsp3) is 0.286. The molecule has 0 radical (unpaired) electrons. The van der Waals surface area contributed by atoms with E-state index in [4.69, 9.17) is 9.15 Å². The van der Waals surface area contributed by atoms with Gasteiger partial charge in [0.05, 0.1) is 30.0 Å². The average Bonchev–Trinajstić information content (AvgIpc) is 3.58. The summed E-state index contributed by atoms with van der Waals surface area (Å²) in [7, 11) is 0. The summed E-state index contributed by atoms with van der Waals surface area (Å²) in [5, 5.41) is 3.25. The van der Waals surface area contributed by atoms with Gasteiger partial charge in [-0.15, -0.1) is 22.7 Å². The minimum absolute atomic E-state index is 0.250. The summed E-state index contributed by atoms with van der Waals surface area (Å²) in [5.41, 5.74) is 6.70. The molecule has 5 heterocycles. The van der Waals surface area contributed by atoms with E-state index in [2.05, 4.69) is 30.7 Å². The normalized spacial score (nSPS) is 13.9. The Labute approximate surface area is 196 Å². The van der Waals surface area contributed by atoms with Crippen LogP contribution in [0, 0.1) is 13.8 Å². The van der Waals surface area contributed by atoms with Gasteiger partial charge >= 0.3 is 0 Å². The van der Waals surface area contributed by atoms with Crippen molar-refractivity contribution in [3.63, 3.8) is 0 Å². The maximum Gasteiger partial charge on any atom is 0.289 e. The van der Waals surface area contributed by atoms with Crippen LogP contribution >= 0.6 is 22.7 Å². The number of fused-ring (bicyclic) bond motifs is 1. The Morgan fingerprint density at radius 3 is 2.64 bits per heavy atom. The van der Waals surface area contributed by atoms with Crippen LogP contribution in [-0.2, 0) is 4.74 Å². The van der Waals surface area contributed by atoms with Crippen molar-refractivity contribution in [1.29, 1.82) is 0 Å². The van der Waals surface area contributed by atoms with Gasteiger partial charge in [0, 0.05) is 23.9 Å². The zero-order valence-electron chi connectivity index (χ0n) is 17.9. The lowest BCUT2D eigenvalue weighted by Gasteiger charge is -2.25. The van der Waals surface area contributed by atoms with Crippen molar-refractivity contribution < 1.29 is 18.7 Å². The van der Waals surface area contributed by atoms with Gasteiger partial charge in [0.1, 0.15) is 10.5 Å². The number of hydrogen-bond donors (Lipinski definition) is 2. The minimum Gasteiger partial charge on any atom is -0.461 e. The van der Waals surface area contributed by atoms with E-state index in [1.54, 1.807) is 23.8 Å². The van der Waals surface area contributed by atoms with Crippen molar-refractivity contribution >= 4 is 49.8 Å². The van der Waals surface area contributed by atoms with Crippen molar-refractivity contribution in [2.24, 2.45) is 0 Å². The zero-order chi connectivity index (χ0) is 22.9. The third-order valence-corrected chi connectivity index (χ3v) is 7.30. The van der Waals surface area contributed by atoms with Gasteiger partial charge in [-0.3, -0.25) is 20.4 Å². The van der Waals surface area contributed by atoms with Crippen molar-refractivity contribution in [3.8, 4) is 11.6 Å². The fourth-order valence-corrected chi connectivity index (χ4v) is 5.56. The van der Waals surface area contributed by atoms with Crippen LogP contribution in [-0.4, -0.2) is 53.1 Å². The van der Waals surface area contributed by atoms with E-state index in [9.17, 15) is 9.59 Å². The lowest BCUT2D eigenvalue weighted by Crippen LogP contribution is -2.41. The lowest BCUT2D eigenvalue weighted by atomic mass is 10.1. The van der Waals surface area contributed by atoms with Crippen molar-refractivity contribution in [2.45, 2.75) is 13.8 Å². The molecule has 0 saturated carbocycles. The van der Waals surface area contributed by atoms with Crippen LogP contribution in [0.1, 0.15) is 31.4 Å². The van der Waals surface area contributed by atoms with Gasteiger partial charge in [-0.05, 0) is 31.5 Å². The first-order chi connectivity index (χ1) is 16.0. The quantitative estimate of drug-likeness (QED) is 0.424. The van der Waals surface area contributed by atoms with Crippen LogP contribution in [0.3, 0.4) is 0 Å². The maximum atomic E-state index is 12.8. The molecule has 0 aromatic carbocycles. The minimum atomic E-state index is -0.478. The predicted octanol–water partition coefficient (Wildman–Crippen LogP) is 2.94. The third-order valence-electron chi connectivity index (χ3n) is 5.21. The summed E-state index contributed by atoms with van der Waals surface area (Å²) in [6.07, 6.45) is 1.56. The summed E-state index contributed by atoms with van der Waals surface area (Å²) in [6.45, 7) is 6.46. The number of hydrogen-bond acceptors (Lipinski definition) is 10. The number of hydrazine groups is 1. The molecule has 0 aliphatic carbocycles. The number of nitrogens with zero attached hydrogens (tertiary/aromatic N) is 4. The highest BCUT2D eigenvalue weighted by molar-refractivity contribution is 7.20. The molecule has 1 aliphatic rings. The topological polar surface area (TPSA) is 122 Å². The van der Waals surface area contributed by atoms with Gasteiger partial charge in [-0.2, -0.15) is 0 Å². The van der Waals surface area contributed by atoms with Gasteiger partial charge in [0.15, 0.2) is 16.7 Å². The number of ether oxygens (including phenoxy) is 1. The highest BCUT2D eigenvalue weighted by atomic mass is 32.1. The molecule has 5 rings (SSSR count). The molecule has 0 spiro atoms. The number of carbonyl (C=O) groups excluding carboxylic acids is 2. The number of amides is 2. The molecule has 0 bridgehead atoms. The van der Waals surface area contributed by atoms with E-state index >= 15 is 0 Å². The second-order valence-corrected chi connectivity index (χ2v) is 9.20. The monoisotopic (exact) mass is 484 g/mol. The molecular formula is C21H20N6O4S2. The van der Waals surface area contributed by atoms with Crippen LogP contribution < -0.4 is 15.8 Å². The number of aromatic nitrogens is 3. The number of anilines is 1. The first kappa shape index (κ1) is 21.5. The highest BCUT2D eigenvalue weighted by Crippen LogP contribution is 2.33. The molecule has 170 valence electrons. The third kappa shape index (κ3) is 4.19. The van der Waals surface area contributed by atoms with Crippen LogP contribution in [0.5, 0.6) is 0 Å². The smallest absolute Gasteiger partial charge is 0.289 e. The molecule has 0 atom stereocenters. The zero-order valence-corrected chi connectivity index (χ0v) is 19.5. The molecule has 0 unspecified atom stereocenters. The van der Waals surface area contributed by atoms with Crippen LogP contribution in [0.4, 0.5) is 5.13 Å². The number of thiazole rings is 1. The molecule has 12 heteroatoms. The van der Waals surface area contributed by atoms with Crippen molar-refractivity contribution in [3.05, 3.63) is 45.6 Å². The van der Waals surface area contributed by atoms with Crippen molar-refractivity contribution in [2.75, 3.05) is 31.2 Å². The van der Waals surface area contributed by atoms with Gasteiger partial charge < -0.3 is 14.1 Å². The van der Waals surface area contributed by atoms with E-state index in [0.717, 1.165) is 34.9 Å². The number of thiophene rings is 1. The van der Waals surface area contributed by atoms with E-state index in [0.29, 0.717) is 34.5 Å². The molecule has 10 nitrogen and oxygen atoms in total. The Kier molecular flexibility index (Phi) is 5.79. The van der Waals surface area contributed by atoms with Crippen molar-refractivity contribution in [1.82, 2.24) is 25.8 Å². The number of morpholine rings is 1. The Morgan fingerprint density at radius 1 is 1.09 bits per heavy atom. The van der Waals surface area contributed by atoms with Crippen LogP contribution in [0.2, 0.25) is 0 Å². The fourth-order valence-electron chi connectivity index (χ4n) is 3.57. The van der Waals surface area contributed by atoms with Gasteiger partial charge in [0.25, 0.3) is 11.8 Å². The molecule has 2 amide bonds. The van der Waals surface area contributed by atoms with Gasteiger partial charge in [0.2, 0.25) is 0 Å². The highest BCUT2D eigenvalue weighted by Gasteiger charge is 2.22. The Hall–Kier alpha value is -3.35. The van der Waals surface area contributed by atoms with Crippen LogP contribution in [0.15, 0.2) is 28.2 Å². The Morgan fingerprint density at radius 2 is 1.88 bits per heavy atom. The van der Waals surface area contributed by atoms with Crippen LogP contribution in [0.25, 0.3) is 21.8 Å². The molecule has 2 N–H and O–H groups in total. The average molecular weight is 485 g/mol. The molecule has 1 aliphatic heterocycles. The Balaban J connectivity index is 1.30. The number of rotatable bonds is 4. The molecule has 33 heavy (non-hydrogen) atoms. The first-order valence-electron chi connectivity index (χ1n) is 10.2. The molecule has 1 fully saturated rings. The number of furan rings is 1. The summed E-state index contributed by atoms with van der Waals surface area (Å²) in [4.78, 5) is 42.0. The lowest BCUT2D eigenvalue weighted by molar-refractivity contribution is 0.0846. The molecular weight excluding hydrogens is 464 g/mol. The molecule has 1 saturated heterocycles. The second-order valence-electron chi connectivity index (χ2n) is 7.37. The summed E-state index contributed by atoms with van der Waals surface area (Å²) >= 11 is 2.63. The standard InChI is InChI=1S/C21H20N6O4S2/c1-11-15-12(2)22-17(14-4-3-7-31-14)24-20(15)33-16(11)19(29)26-25-18(28)13-10-32-21(23-13)27-5-8-30-9-6-27/h3-4,7,10H,5-6,8-9H2,1-2H3,(H,25,28)(H,26,29). The van der Waals surface area contributed by atoms with E-state index in [1.165, 1.54) is 22.7 Å².